The summed E-state index contributed by atoms with van der Waals surface area (Å²) in [6.07, 6.45) is 5.16. The van der Waals surface area contributed by atoms with Crippen molar-refractivity contribution in [3.8, 4) is 0 Å². The molecule has 2 fully saturated rings. The summed E-state index contributed by atoms with van der Waals surface area (Å²) in [4.78, 5) is 30.7. The maximum Gasteiger partial charge on any atom is 0.239 e. The van der Waals surface area contributed by atoms with E-state index in [1.54, 1.807) is 6.07 Å². The van der Waals surface area contributed by atoms with Crippen molar-refractivity contribution in [3.05, 3.63) is 36.0 Å². The molecule has 0 aromatic carbocycles. The minimum atomic E-state index is -0.148. The SMILES string of the molecule is Cc1cccc(N2C(=O)C3C(C2=O)[C@H]2C=C[C@@H]3C2)n1. The fourth-order valence-electron chi connectivity index (χ4n) is 3.78. The Labute approximate surface area is 111 Å². The van der Waals surface area contributed by atoms with E-state index in [0.29, 0.717) is 5.82 Å². The number of anilines is 1. The quantitative estimate of drug-likeness (QED) is 0.566. The Hall–Kier alpha value is -1.97. The number of allylic oxidation sites excluding steroid dienone is 2. The molecule has 4 heteroatoms. The van der Waals surface area contributed by atoms with Gasteiger partial charge in [-0.2, -0.15) is 0 Å². The van der Waals surface area contributed by atoms with Crippen LogP contribution in [0, 0.1) is 30.6 Å². The molecule has 19 heavy (non-hydrogen) atoms. The lowest BCUT2D eigenvalue weighted by Crippen LogP contribution is -2.33. The van der Waals surface area contributed by atoms with Crippen molar-refractivity contribution in [3.63, 3.8) is 0 Å². The van der Waals surface area contributed by atoms with Gasteiger partial charge in [-0.05, 0) is 37.3 Å². The largest absolute Gasteiger partial charge is 0.274 e. The van der Waals surface area contributed by atoms with Gasteiger partial charge < -0.3 is 0 Å². The second kappa shape index (κ2) is 3.53. The van der Waals surface area contributed by atoms with Gasteiger partial charge in [0.1, 0.15) is 5.82 Å². The third-order valence-electron chi connectivity index (χ3n) is 4.57. The number of nitrogens with zero attached hydrogens (tertiary/aromatic N) is 2. The summed E-state index contributed by atoms with van der Waals surface area (Å²) in [5, 5.41) is 0. The van der Waals surface area contributed by atoms with Gasteiger partial charge in [0.2, 0.25) is 11.8 Å². The Bertz CT molecular complexity index is 592. The van der Waals surface area contributed by atoms with E-state index in [1.807, 2.05) is 19.1 Å². The molecule has 2 aliphatic carbocycles. The zero-order valence-electron chi connectivity index (χ0n) is 10.6. The smallest absolute Gasteiger partial charge is 0.239 e. The van der Waals surface area contributed by atoms with Crippen LogP contribution in [0.3, 0.4) is 0 Å². The molecule has 2 amide bonds. The first-order valence-corrected chi connectivity index (χ1v) is 6.66. The van der Waals surface area contributed by atoms with Gasteiger partial charge in [-0.25, -0.2) is 9.88 Å². The predicted octanol–water partition coefficient (Wildman–Crippen LogP) is 1.70. The number of imide groups is 1. The van der Waals surface area contributed by atoms with E-state index >= 15 is 0 Å². The fourth-order valence-corrected chi connectivity index (χ4v) is 3.78. The maximum absolute atomic E-state index is 12.5. The molecule has 0 spiro atoms. The van der Waals surface area contributed by atoms with Crippen molar-refractivity contribution in [1.82, 2.24) is 4.98 Å². The Balaban J connectivity index is 1.77. The number of amides is 2. The predicted molar refractivity (Wildman–Crippen MR) is 69.2 cm³/mol. The zero-order valence-corrected chi connectivity index (χ0v) is 10.6. The first-order chi connectivity index (χ1) is 9.16. The topological polar surface area (TPSA) is 50.3 Å². The Morgan fingerprint density at radius 3 is 2.32 bits per heavy atom. The molecule has 1 saturated carbocycles. The van der Waals surface area contributed by atoms with Crippen LogP contribution in [0.2, 0.25) is 0 Å². The number of aryl methyl sites for hydroxylation is 1. The van der Waals surface area contributed by atoms with Crippen molar-refractivity contribution >= 4 is 17.6 Å². The molecule has 4 rings (SSSR count). The van der Waals surface area contributed by atoms with Crippen molar-refractivity contribution in [1.29, 1.82) is 0 Å². The third-order valence-corrected chi connectivity index (χ3v) is 4.57. The van der Waals surface area contributed by atoms with E-state index in [1.165, 1.54) is 4.90 Å². The molecule has 4 nitrogen and oxygen atoms in total. The number of carbonyl (C=O) groups is 2. The van der Waals surface area contributed by atoms with Gasteiger partial charge in [-0.1, -0.05) is 18.2 Å². The van der Waals surface area contributed by atoms with Crippen molar-refractivity contribution in [2.24, 2.45) is 23.7 Å². The molecule has 96 valence electrons. The van der Waals surface area contributed by atoms with Crippen molar-refractivity contribution in [2.75, 3.05) is 4.90 Å². The lowest BCUT2D eigenvalue weighted by Gasteiger charge is -2.16. The average Bonchev–Trinajstić information content (AvgIpc) is 3.04. The van der Waals surface area contributed by atoms with E-state index in [2.05, 4.69) is 17.1 Å². The summed E-state index contributed by atoms with van der Waals surface area (Å²) in [6.45, 7) is 1.86. The molecule has 1 aromatic heterocycles. The zero-order chi connectivity index (χ0) is 13.1. The number of hydrogen-bond donors (Lipinski definition) is 0. The van der Waals surface area contributed by atoms with E-state index in [-0.39, 0.29) is 35.5 Å². The second-order valence-corrected chi connectivity index (χ2v) is 5.65. The molecule has 3 aliphatic rings. The highest BCUT2D eigenvalue weighted by Gasteiger charge is 2.59. The normalized spacial score (nSPS) is 35.3. The molecule has 0 N–H and O–H groups in total. The van der Waals surface area contributed by atoms with Gasteiger partial charge in [0.05, 0.1) is 11.8 Å². The molecular weight excluding hydrogens is 240 g/mol. The molecule has 2 heterocycles. The fraction of sp³-hybridized carbons (Fsp3) is 0.400. The van der Waals surface area contributed by atoms with Gasteiger partial charge >= 0.3 is 0 Å². The molecule has 4 atom stereocenters. The highest BCUT2D eigenvalue weighted by Crippen LogP contribution is 2.52. The maximum atomic E-state index is 12.5. The number of hydrogen-bond acceptors (Lipinski definition) is 3. The van der Waals surface area contributed by atoms with Gasteiger partial charge in [0.25, 0.3) is 0 Å². The summed E-state index contributed by atoms with van der Waals surface area (Å²) in [5.74, 6) is 0.552. The lowest BCUT2D eigenvalue weighted by molar-refractivity contribution is -0.123. The molecule has 1 aromatic rings. The number of rotatable bonds is 1. The molecule has 0 radical (unpaired) electrons. The van der Waals surface area contributed by atoms with Crippen LogP contribution < -0.4 is 4.90 Å². The van der Waals surface area contributed by atoms with Gasteiger partial charge in [0, 0.05) is 5.69 Å². The monoisotopic (exact) mass is 254 g/mol. The van der Waals surface area contributed by atoms with Crippen LogP contribution in [0.5, 0.6) is 0 Å². The van der Waals surface area contributed by atoms with E-state index in [0.717, 1.165) is 12.1 Å². The van der Waals surface area contributed by atoms with Gasteiger partial charge in [-0.3, -0.25) is 9.59 Å². The van der Waals surface area contributed by atoms with Crippen LogP contribution in [0.25, 0.3) is 0 Å². The third kappa shape index (κ3) is 1.31. The van der Waals surface area contributed by atoms with Crippen molar-refractivity contribution < 1.29 is 9.59 Å². The molecule has 2 bridgehead atoms. The summed E-state index contributed by atoms with van der Waals surface area (Å²) >= 11 is 0. The summed E-state index contributed by atoms with van der Waals surface area (Å²) in [7, 11) is 0. The lowest BCUT2D eigenvalue weighted by atomic mass is 9.85. The molecule has 1 saturated heterocycles. The van der Waals surface area contributed by atoms with Gasteiger partial charge in [-0.15, -0.1) is 0 Å². The number of fused-ring (bicyclic) bond motifs is 5. The second-order valence-electron chi connectivity index (χ2n) is 5.65. The van der Waals surface area contributed by atoms with E-state index in [9.17, 15) is 9.59 Å². The average molecular weight is 254 g/mol. The summed E-state index contributed by atoms with van der Waals surface area (Å²) < 4.78 is 0. The van der Waals surface area contributed by atoms with Crippen LogP contribution in [-0.2, 0) is 9.59 Å². The van der Waals surface area contributed by atoms with Crippen LogP contribution in [0.1, 0.15) is 12.1 Å². The Morgan fingerprint density at radius 1 is 1.11 bits per heavy atom. The first kappa shape index (κ1) is 10.9. The highest BCUT2D eigenvalue weighted by atomic mass is 16.2. The molecule has 2 unspecified atom stereocenters. The minimum absolute atomic E-state index is 0.0649. The number of carbonyl (C=O) groups excluding carboxylic acids is 2. The highest BCUT2D eigenvalue weighted by molar-refractivity contribution is 6.22. The number of aromatic nitrogens is 1. The summed E-state index contributed by atoms with van der Waals surface area (Å²) in [6, 6.07) is 5.43. The Kier molecular flexibility index (Phi) is 2.03. The van der Waals surface area contributed by atoms with E-state index < -0.39 is 0 Å². The van der Waals surface area contributed by atoms with Crippen LogP contribution in [-0.4, -0.2) is 16.8 Å². The standard InChI is InChI=1S/C15H14N2O2/c1-8-3-2-4-11(16-8)17-14(18)12-9-5-6-10(7-9)13(12)15(17)19/h2-6,9-10,12-13H,7H2,1H3/t9-,10+,12?,13?. The Morgan fingerprint density at radius 2 is 1.74 bits per heavy atom. The van der Waals surface area contributed by atoms with Crippen molar-refractivity contribution in [2.45, 2.75) is 13.3 Å². The van der Waals surface area contributed by atoms with Crippen LogP contribution in [0.15, 0.2) is 30.4 Å². The minimum Gasteiger partial charge on any atom is -0.274 e. The van der Waals surface area contributed by atoms with Crippen LogP contribution in [0.4, 0.5) is 5.82 Å². The number of pyridine rings is 1. The molecular formula is C15H14N2O2. The van der Waals surface area contributed by atoms with Crippen LogP contribution >= 0.6 is 0 Å². The first-order valence-electron chi connectivity index (χ1n) is 6.66. The molecule has 1 aliphatic heterocycles. The summed E-state index contributed by atoms with van der Waals surface area (Å²) in [5.41, 5.74) is 0.816. The van der Waals surface area contributed by atoms with Gasteiger partial charge in [0.15, 0.2) is 0 Å². The van der Waals surface area contributed by atoms with E-state index in [4.69, 9.17) is 0 Å².